The van der Waals surface area contributed by atoms with Crippen LogP contribution in [-0.2, 0) is 0 Å². The third kappa shape index (κ3) is 2.68. The van der Waals surface area contributed by atoms with Gasteiger partial charge in [0.25, 0.3) is 0 Å². The van der Waals surface area contributed by atoms with E-state index in [1.165, 1.54) is 0 Å². The molecule has 116 valence electrons. The lowest BCUT2D eigenvalue weighted by Crippen LogP contribution is -2.24. The summed E-state index contributed by atoms with van der Waals surface area (Å²) in [4.78, 5) is 7.12. The van der Waals surface area contributed by atoms with Crippen molar-refractivity contribution in [1.29, 1.82) is 5.26 Å². The van der Waals surface area contributed by atoms with Gasteiger partial charge in [-0.05, 0) is 36.8 Å². The number of aliphatic hydroxyl groups excluding tert-OH is 1. The van der Waals surface area contributed by atoms with Crippen LogP contribution in [0.4, 0.5) is 4.39 Å². The third-order valence-corrected chi connectivity index (χ3v) is 3.77. The maximum atomic E-state index is 14.8. The number of nitriles is 1. The minimum absolute atomic E-state index is 0.179. The van der Waals surface area contributed by atoms with E-state index in [9.17, 15) is 9.50 Å². The minimum Gasteiger partial charge on any atom is -0.391 e. The fourth-order valence-electron chi connectivity index (χ4n) is 2.39. The average Bonchev–Trinajstić information content (AvgIpc) is 2.99. The van der Waals surface area contributed by atoms with Crippen molar-refractivity contribution in [3.05, 3.63) is 53.6 Å². The number of hydrogen-bond acceptors (Lipinski definition) is 4. The Morgan fingerprint density at radius 3 is 2.57 bits per heavy atom. The van der Waals surface area contributed by atoms with Gasteiger partial charge in [0.05, 0.1) is 29.3 Å². The fraction of sp³-hybridized carbons (Fsp3) is 0.176. The van der Waals surface area contributed by atoms with Crippen LogP contribution in [-0.4, -0.2) is 21.2 Å². The van der Waals surface area contributed by atoms with Crippen LogP contribution in [0.25, 0.3) is 22.2 Å². The molecule has 6 heteroatoms. The molecule has 0 radical (unpaired) electrons. The first-order valence-electron chi connectivity index (χ1n) is 7.13. The summed E-state index contributed by atoms with van der Waals surface area (Å²) in [5, 5.41) is 18.4. The molecule has 2 aromatic carbocycles. The number of H-pyrrole nitrogens is 1. The van der Waals surface area contributed by atoms with Crippen molar-refractivity contribution in [3.63, 3.8) is 0 Å². The van der Waals surface area contributed by atoms with Crippen LogP contribution in [0.3, 0.4) is 0 Å². The summed E-state index contributed by atoms with van der Waals surface area (Å²) in [5.74, 6) is -0.127. The standard InChI is InChI=1S/C17H15FN4O/c1-9(23)15(20)17-21-13-7-6-12(14(18)16(13)22-17)11-4-2-10(8-19)3-5-11/h2-7,9,15,23H,20H2,1H3,(H,21,22)/t9-,15+/m1/s1. The zero-order valence-corrected chi connectivity index (χ0v) is 12.4. The molecular weight excluding hydrogens is 295 g/mol. The monoisotopic (exact) mass is 310 g/mol. The number of rotatable bonds is 3. The number of benzene rings is 2. The van der Waals surface area contributed by atoms with Gasteiger partial charge in [0.1, 0.15) is 11.3 Å². The van der Waals surface area contributed by atoms with Crippen molar-refractivity contribution in [1.82, 2.24) is 9.97 Å². The molecule has 0 unspecified atom stereocenters. The van der Waals surface area contributed by atoms with Gasteiger partial charge < -0.3 is 15.8 Å². The van der Waals surface area contributed by atoms with E-state index < -0.39 is 18.0 Å². The molecule has 0 aliphatic heterocycles. The molecule has 0 amide bonds. The summed E-state index contributed by atoms with van der Waals surface area (Å²) in [7, 11) is 0. The number of fused-ring (bicyclic) bond motifs is 1. The molecule has 0 bridgehead atoms. The van der Waals surface area contributed by atoms with Gasteiger partial charge in [0.15, 0.2) is 5.82 Å². The van der Waals surface area contributed by atoms with Crippen molar-refractivity contribution in [2.75, 3.05) is 0 Å². The van der Waals surface area contributed by atoms with Gasteiger partial charge in [-0.15, -0.1) is 0 Å². The van der Waals surface area contributed by atoms with E-state index in [0.29, 0.717) is 28.0 Å². The van der Waals surface area contributed by atoms with Crippen LogP contribution in [0, 0.1) is 17.1 Å². The van der Waals surface area contributed by atoms with Crippen LogP contribution >= 0.6 is 0 Å². The molecule has 0 spiro atoms. The van der Waals surface area contributed by atoms with Crippen molar-refractivity contribution in [2.45, 2.75) is 19.1 Å². The molecular formula is C17H15FN4O. The molecule has 1 heterocycles. The lowest BCUT2D eigenvalue weighted by atomic mass is 10.0. The van der Waals surface area contributed by atoms with Crippen molar-refractivity contribution in [3.8, 4) is 17.2 Å². The Bertz CT molecular complexity index is 893. The summed E-state index contributed by atoms with van der Waals surface area (Å²) >= 11 is 0. The zero-order valence-electron chi connectivity index (χ0n) is 12.4. The van der Waals surface area contributed by atoms with Crippen LogP contribution in [0.15, 0.2) is 36.4 Å². The molecule has 0 fully saturated rings. The number of nitrogens with one attached hydrogen (secondary N) is 1. The van der Waals surface area contributed by atoms with E-state index in [-0.39, 0.29) is 5.52 Å². The normalized spacial score (nSPS) is 13.7. The Kier molecular flexibility index (Phi) is 3.82. The zero-order chi connectivity index (χ0) is 16.6. The number of aliphatic hydroxyl groups is 1. The Morgan fingerprint density at radius 2 is 1.96 bits per heavy atom. The van der Waals surface area contributed by atoms with Gasteiger partial charge in [-0.2, -0.15) is 5.26 Å². The summed E-state index contributed by atoms with van der Waals surface area (Å²) in [5.41, 5.74) is 8.10. The first-order chi connectivity index (χ1) is 11.0. The Balaban J connectivity index is 2.09. The fourth-order valence-corrected chi connectivity index (χ4v) is 2.39. The van der Waals surface area contributed by atoms with Gasteiger partial charge in [-0.3, -0.25) is 0 Å². The van der Waals surface area contributed by atoms with Crippen LogP contribution in [0.1, 0.15) is 24.4 Å². The molecule has 4 N–H and O–H groups in total. The highest BCUT2D eigenvalue weighted by atomic mass is 19.1. The van der Waals surface area contributed by atoms with Gasteiger partial charge in [0, 0.05) is 5.56 Å². The summed E-state index contributed by atoms with van der Waals surface area (Å²) in [6.07, 6.45) is -0.795. The molecule has 1 aromatic heterocycles. The van der Waals surface area contributed by atoms with E-state index in [4.69, 9.17) is 11.0 Å². The molecule has 0 saturated carbocycles. The molecule has 5 nitrogen and oxygen atoms in total. The second kappa shape index (κ2) is 5.80. The SMILES string of the molecule is C[C@@H](O)[C@H](N)c1nc2c(F)c(-c3ccc(C#N)cc3)ccc2[nH]1. The van der Waals surface area contributed by atoms with E-state index in [1.807, 2.05) is 6.07 Å². The number of nitrogens with two attached hydrogens (primary N) is 1. The Hall–Kier alpha value is -2.75. The van der Waals surface area contributed by atoms with Gasteiger partial charge >= 0.3 is 0 Å². The number of aromatic nitrogens is 2. The van der Waals surface area contributed by atoms with E-state index in [1.54, 1.807) is 43.3 Å². The highest BCUT2D eigenvalue weighted by molar-refractivity contribution is 5.83. The Morgan fingerprint density at radius 1 is 1.26 bits per heavy atom. The lowest BCUT2D eigenvalue weighted by molar-refractivity contribution is 0.161. The number of nitrogens with zero attached hydrogens (tertiary/aromatic N) is 2. The number of hydrogen-bond donors (Lipinski definition) is 3. The minimum atomic E-state index is -0.795. The van der Waals surface area contributed by atoms with Crippen molar-refractivity contribution < 1.29 is 9.50 Å². The maximum Gasteiger partial charge on any atom is 0.158 e. The lowest BCUT2D eigenvalue weighted by Gasteiger charge is -2.10. The molecule has 23 heavy (non-hydrogen) atoms. The highest BCUT2D eigenvalue weighted by Gasteiger charge is 2.19. The first-order valence-corrected chi connectivity index (χ1v) is 7.13. The summed E-state index contributed by atoms with van der Waals surface area (Å²) in [6.45, 7) is 1.55. The van der Waals surface area contributed by atoms with Crippen molar-refractivity contribution >= 4 is 11.0 Å². The molecule has 0 saturated heterocycles. The number of aromatic amines is 1. The quantitative estimate of drug-likeness (QED) is 0.692. The molecule has 2 atom stereocenters. The maximum absolute atomic E-state index is 14.8. The summed E-state index contributed by atoms with van der Waals surface area (Å²) < 4.78 is 14.8. The largest absolute Gasteiger partial charge is 0.391 e. The smallest absolute Gasteiger partial charge is 0.158 e. The average molecular weight is 310 g/mol. The van der Waals surface area contributed by atoms with E-state index in [2.05, 4.69) is 9.97 Å². The predicted molar refractivity (Wildman–Crippen MR) is 84.8 cm³/mol. The highest BCUT2D eigenvalue weighted by Crippen LogP contribution is 2.29. The predicted octanol–water partition coefficient (Wildman–Crippen LogP) is 2.62. The second-order valence-electron chi connectivity index (χ2n) is 5.40. The van der Waals surface area contributed by atoms with Crippen LogP contribution in [0.5, 0.6) is 0 Å². The number of halogens is 1. The number of imidazole rings is 1. The first kappa shape index (κ1) is 15.2. The van der Waals surface area contributed by atoms with Crippen molar-refractivity contribution in [2.24, 2.45) is 5.73 Å². The van der Waals surface area contributed by atoms with Gasteiger partial charge in [-0.25, -0.2) is 9.37 Å². The molecule has 0 aliphatic rings. The van der Waals surface area contributed by atoms with Gasteiger partial charge in [-0.1, -0.05) is 12.1 Å². The van der Waals surface area contributed by atoms with Gasteiger partial charge in [0.2, 0.25) is 0 Å². The Labute approximate surface area is 132 Å². The topological polar surface area (TPSA) is 98.7 Å². The van der Waals surface area contributed by atoms with Crippen LogP contribution in [0.2, 0.25) is 0 Å². The molecule has 3 rings (SSSR count). The summed E-state index contributed by atoms with van der Waals surface area (Å²) in [6, 6.07) is 11.3. The molecule has 3 aromatic rings. The van der Waals surface area contributed by atoms with E-state index in [0.717, 1.165) is 0 Å². The third-order valence-electron chi connectivity index (χ3n) is 3.77. The van der Waals surface area contributed by atoms with E-state index >= 15 is 0 Å². The molecule has 0 aliphatic carbocycles. The second-order valence-corrected chi connectivity index (χ2v) is 5.40. The van der Waals surface area contributed by atoms with Crippen LogP contribution < -0.4 is 5.73 Å².